The Balaban J connectivity index is 2.33. The van der Waals surface area contributed by atoms with Gasteiger partial charge in [-0.25, -0.2) is 8.78 Å². The Morgan fingerprint density at radius 2 is 1.80 bits per heavy atom. The van der Waals surface area contributed by atoms with Gasteiger partial charge in [0.15, 0.2) is 17.4 Å². The molecule has 0 saturated heterocycles. The predicted molar refractivity (Wildman–Crippen MR) is 75.4 cm³/mol. The van der Waals surface area contributed by atoms with Crippen molar-refractivity contribution < 1.29 is 13.5 Å². The lowest BCUT2D eigenvalue weighted by atomic mass is 10.2. The minimum atomic E-state index is -0.758. The van der Waals surface area contributed by atoms with Crippen LogP contribution in [0.3, 0.4) is 0 Å². The monoisotopic (exact) mass is 297 g/mol. The molecular formula is C15H14ClF2NO. The van der Waals surface area contributed by atoms with Gasteiger partial charge in [-0.15, -0.1) is 0 Å². The molecule has 0 fully saturated rings. The summed E-state index contributed by atoms with van der Waals surface area (Å²) in [6.45, 7) is 2.24. The number of benzene rings is 2. The van der Waals surface area contributed by atoms with Gasteiger partial charge in [-0.1, -0.05) is 17.7 Å². The van der Waals surface area contributed by atoms with Crippen LogP contribution in [0.2, 0.25) is 5.02 Å². The van der Waals surface area contributed by atoms with Crippen molar-refractivity contribution in [2.45, 2.75) is 13.5 Å². The van der Waals surface area contributed by atoms with E-state index in [1.165, 1.54) is 12.1 Å². The van der Waals surface area contributed by atoms with Crippen molar-refractivity contribution in [1.29, 1.82) is 0 Å². The van der Waals surface area contributed by atoms with Crippen LogP contribution in [0.5, 0.6) is 11.5 Å². The molecule has 2 aromatic rings. The van der Waals surface area contributed by atoms with Gasteiger partial charge >= 0.3 is 0 Å². The third-order valence-corrected chi connectivity index (χ3v) is 3.03. The Morgan fingerprint density at radius 1 is 1.15 bits per heavy atom. The second-order valence-corrected chi connectivity index (χ2v) is 4.86. The molecule has 1 N–H and O–H groups in total. The third kappa shape index (κ3) is 3.26. The smallest absolute Gasteiger partial charge is 0.198 e. The highest BCUT2D eigenvalue weighted by Crippen LogP contribution is 2.33. The topological polar surface area (TPSA) is 21.3 Å². The standard InChI is InChI=1S/C15H14ClF2NO/c1-9-3-4-14(11(16)5-9)20-15-12(17)6-10(8-19-2)7-13(15)18/h3-7,19H,8H2,1-2H3. The third-order valence-electron chi connectivity index (χ3n) is 2.74. The van der Waals surface area contributed by atoms with Crippen molar-refractivity contribution in [2.75, 3.05) is 7.05 Å². The van der Waals surface area contributed by atoms with E-state index in [0.29, 0.717) is 17.1 Å². The predicted octanol–water partition coefficient (Wildman–Crippen LogP) is 4.44. The Labute approximate surface area is 121 Å². The summed E-state index contributed by atoms with van der Waals surface area (Å²) in [7, 11) is 1.70. The van der Waals surface area contributed by atoms with E-state index in [1.54, 1.807) is 25.2 Å². The molecule has 0 unspecified atom stereocenters. The zero-order valence-corrected chi connectivity index (χ0v) is 11.9. The summed E-state index contributed by atoms with van der Waals surface area (Å²) in [5.41, 5.74) is 1.44. The van der Waals surface area contributed by atoms with Gasteiger partial charge in [-0.05, 0) is 49.4 Å². The average molecular weight is 298 g/mol. The first-order valence-electron chi connectivity index (χ1n) is 6.08. The molecule has 0 radical (unpaired) electrons. The number of nitrogens with one attached hydrogen (secondary N) is 1. The molecule has 0 amide bonds. The maximum absolute atomic E-state index is 13.9. The fourth-order valence-corrected chi connectivity index (χ4v) is 2.09. The highest BCUT2D eigenvalue weighted by atomic mass is 35.5. The van der Waals surface area contributed by atoms with Gasteiger partial charge in [-0.2, -0.15) is 0 Å². The molecular weight excluding hydrogens is 284 g/mol. The SMILES string of the molecule is CNCc1cc(F)c(Oc2ccc(C)cc2Cl)c(F)c1. The summed E-state index contributed by atoms with van der Waals surface area (Å²) >= 11 is 5.99. The van der Waals surface area contributed by atoms with Gasteiger partial charge in [0.1, 0.15) is 5.75 Å². The van der Waals surface area contributed by atoms with Crippen LogP contribution in [0.1, 0.15) is 11.1 Å². The molecule has 0 aliphatic heterocycles. The maximum atomic E-state index is 13.9. The van der Waals surface area contributed by atoms with Crippen molar-refractivity contribution in [3.63, 3.8) is 0 Å². The zero-order chi connectivity index (χ0) is 14.7. The highest BCUT2D eigenvalue weighted by molar-refractivity contribution is 6.32. The summed E-state index contributed by atoms with van der Waals surface area (Å²) in [4.78, 5) is 0. The van der Waals surface area contributed by atoms with E-state index in [2.05, 4.69) is 5.32 Å². The minimum absolute atomic E-state index is 0.219. The van der Waals surface area contributed by atoms with Crippen LogP contribution >= 0.6 is 11.6 Å². The molecule has 2 rings (SSSR count). The van der Waals surface area contributed by atoms with Crippen LogP contribution < -0.4 is 10.1 Å². The van der Waals surface area contributed by atoms with E-state index >= 15 is 0 Å². The molecule has 0 saturated carbocycles. The van der Waals surface area contributed by atoms with Crippen molar-refractivity contribution in [1.82, 2.24) is 5.32 Å². The molecule has 0 spiro atoms. The number of halogens is 3. The molecule has 20 heavy (non-hydrogen) atoms. The number of aryl methyl sites for hydroxylation is 1. The number of hydrogen-bond donors (Lipinski definition) is 1. The highest BCUT2D eigenvalue weighted by Gasteiger charge is 2.15. The molecule has 0 aliphatic rings. The van der Waals surface area contributed by atoms with E-state index < -0.39 is 17.4 Å². The first-order chi connectivity index (χ1) is 9.51. The molecule has 5 heteroatoms. The van der Waals surface area contributed by atoms with Gasteiger partial charge < -0.3 is 10.1 Å². The summed E-state index contributed by atoms with van der Waals surface area (Å²) in [5, 5.41) is 3.14. The lowest BCUT2D eigenvalue weighted by Gasteiger charge is -2.11. The Morgan fingerprint density at radius 3 is 2.35 bits per heavy atom. The molecule has 0 aliphatic carbocycles. The summed E-state index contributed by atoms with van der Waals surface area (Å²) in [5.74, 6) is -1.74. The fourth-order valence-electron chi connectivity index (χ4n) is 1.81. The Kier molecular flexibility index (Phi) is 4.57. The maximum Gasteiger partial charge on any atom is 0.198 e. The van der Waals surface area contributed by atoms with Gasteiger partial charge in [-0.3, -0.25) is 0 Å². The molecule has 2 aromatic carbocycles. The normalized spacial score (nSPS) is 10.7. The Hall–Kier alpha value is -1.65. The fraction of sp³-hybridized carbons (Fsp3) is 0.200. The van der Waals surface area contributed by atoms with Crippen LogP contribution in [0.25, 0.3) is 0 Å². The average Bonchev–Trinajstić information content (AvgIpc) is 2.36. The van der Waals surface area contributed by atoms with Crippen molar-refractivity contribution >= 4 is 11.6 Å². The molecule has 0 atom stereocenters. The van der Waals surface area contributed by atoms with Crippen LogP contribution in [-0.2, 0) is 6.54 Å². The number of rotatable bonds is 4. The second kappa shape index (κ2) is 6.20. The molecule has 106 valence electrons. The summed E-state index contributed by atoms with van der Waals surface area (Å²) in [6, 6.07) is 7.47. The number of hydrogen-bond acceptors (Lipinski definition) is 2. The van der Waals surface area contributed by atoms with Crippen LogP contribution in [-0.4, -0.2) is 7.05 Å². The molecule has 0 heterocycles. The van der Waals surface area contributed by atoms with E-state index in [-0.39, 0.29) is 5.75 Å². The van der Waals surface area contributed by atoms with Crippen molar-refractivity contribution in [2.24, 2.45) is 0 Å². The zero-order valence-electron chi connectivity index (χ0n) is 11.1. The van der Waals surface area contributed by atoms with Crippen molar-refractivity contribution in [3.8, 4) is 11.5 Å². The lowest BCUT2D eigenvalue weighted by Crippen LogP contribution is -2.06. The number of ether oxygens (including phenoxy) is 1. The summed E-state index contributed by atoms with van der Waals surface area (Å²) in [6.07, 6.45) is 0. The van der Waals surface area contributed by atoms with Gasteiger partial charge in [0.25, 0.3) is 0 Å². The van der Waals surface area contributed by atoms with Crippen LogP contribution in [0.4, 0.5) is 8.78 Å². The van der Waals surface area contributed by atoms with Gasteiger partial charge in [0.05, 0.1) is 5.02 Å². The Bertz CT molecular complexity index is 608. The molecule has 0 bridgehead atoms. The first kappa shape index (κ1) is 14.8. The van der Waals surface area contributed by atoms with E-state index in [0.717, 1.165) is 5.56 Å². The largest absolute Gasteiger partial charge is 0.450 e. The van der Waals surface area contributed by atoms with Crippen LogP contribution in [0, 0.1) is 18.6 Å². The van der Waals surface area contributed by atoms with Gasteiger partial charge in [0.2, 0.25) is 0 Å². The van der Waals surface area contributed by atoms with Gasteiger partial charge in [0, 0.05) is 6.54 Å². The molecule has 0 aromatic heterocycles. The lowest BCUT2D eigenvalue weighted by molar-refractivity contribution is 0.406. The quantitative estimate of drug-likeness (QED) is 0.901. The first-order valence-corrected chi connectivity index (χ1v) is 6.45. The van der Waals surface area contributed by atoms with E-state index in [1.807, 2.05) is 6.92 Å². The van der Waals surface area contributed by atoms with E-state index in [9.17, 15) is 8.78 Å². The van der Waals surface area contributed by atoms with Crippen LogP contribution in [0.15, 0.2) is 30.3 Å². The molecule has 2 nitrogen and oxygen atoms in total. The minimum Gasteiger partial charge on any atom is -0.450 e. The van der Waals surface area contributed by atoms with Crippen molar-refractivity contribution in [3.05, 3.63) is 58.1 Å². The summed E-state index contributed by atoms with van der Waals surface area (Å²) < 4.78 is 33.0. The second-order valence-electron chi connectivity index (χ2n) is 4.45. The van der Waals surface area contributed by atoms with E-state index in [4.69, 9.17) is 16.3 Å².